The molecule has 1 saturated heterocycles. The van der Waals surface area contributed by atoms with Crippen LogP contribution in [0.5, 0.6) is 0 Å². The molecule has 0 radical (unpaired) electrons. The Morgan fingerprint density at radius 2 is 1.70 bits per heavy atom. The van der Waals surface area contributed by atoms with E-state index in [1.165, 1.54) is 12.0 Å². The molecule has 1 aliphatic carbocycles. The van der Waals surface area contributed by atoms with Crippen molar-refractivity contribution in [2.75, 3.05) is 19.6 Å². The molecule has 0 amide bonds. The second-order valence-electron chi connectivity index (χ2n) is 5.93. The first kappa shape index (κ1) is 14.0. The molecule has 3 rings (SSSR count). The highest BCUT2D eigenvalue weighted by Crippen LogP contribution is 2.43. The van der Waals surface area contributed by atoms with E-state index in [1.807, 2.05) is 18.2 Å². The minimum absolute atomic E-state index is 0.00799. The minimum atomic E-state index is -3.29. The summed E-state index contributed by atoms with van der Waals surface area (Å²) in [6, 6.07) is 10.3. The number of hydrogen-bond acceptors (Lipinski definition) is 2. The van der Waals surface area contributed by atoms with Crippen LogP contribution in [0, 0.1) is 0 Å². The minimum Gasteiger partial charge on any atom is -0.201 e. The summed E-state index contributed by atoms with van der Waals surface area (Å²) < 4.78 is 28.9. The van der Waals surface area contributed by atoms with E-state index in [-0.39, 0.29) is 5.41 Å². The molecule has 0 spiro atoms. The van der Waals surface area contributed by atoms with E-state index in [2.05, 4.69) is 16.9 Å². The van der Waals surface area contributed by atoms with Crippen molar-refractivity contribution in [3.8, 4) is 0 Å². The Bertz CT molecular complexity index is 546. The van der Waals surface area contributed by atoms with Crippen molar-refractivity contribution in [1.82, 2.24) is 9.03 Å². The quantitative estimate of drug-likeness (QED) is 0.903. The fourth-order valence-corrected chi connectivity index (χ4v) is 4.59. The summed E-state index contributed by atoms with van der Waals surface area (Å²) in [5.41, 5.74) is 1.27. The van der Waals surface area contributed by atoms with Gasteiger partial charge in [0.15, 0.2) is 0 Å². The van der Waals surface area contributed by atoms with Gasteiger partial charge in [-0.15, -0.1) is 0 Å². The van der Waals surface area contributed by atoms with Crippen molar-refractivity contribution < 1.29 is 8.42 Å². The molecule has 20 heavy (non-hydrogen) atoms. The van der Waals surface area contributed by atoms with E-state index in [0.29, 0.717) is 19.6 Å². The van der Waals surface area contributed by atoms with E-state index in [1.54, 1.807) is 4.31 Å². The topological polar surface area (TPSA) is 49.4 Å². The largest absolute Gasteiger partial charge is 0.279 e. The lowest BCUT2D eigenvalue weighted by molar-refractivity contribution is 0.244. The Balaban J connectivity index is 1.70. The molecule has 0 unspecified atom stereocenters. The third-order valence-electron chi connectivity index (χ3n) is 4.69. The zero-order valence-electron chi connectivity index (χ0n) is 11.7. The first-order chi connectivity index (χ1) is 9.62. The van der Waals surface area contributed by atoms with Crippen LogP contribution in [-0.2, 0) is 15.6 Å². The van der Waals surface area contributed by atoms with Gasteiger partial charge in [0.2, 0.25) is 0 Å². The maximum Gasteiger partial charge on any atom is 0.279 e. The summed E-state index contributed by atoms with van der Waals surface area (Å²) in [5, 5.41) is 0. The predicted molar refractivity (Wildman–Crippen MR) is 79.7 cm³/mol. The van der Waals surface area contributed by atoms with Crippen molar-refractivity contribution >= 4 is 10.2 Å². The van der Waals surface area contributed by atoms with Crippen LogP contribution in [0.15, 0.2) is 30.3 Å². The number of rotatable bonds is 5. The van der Waals surface area contributed by atoms with Crippen molar-refractivity contribution in [2.45, 2.75) is 37.5 Å². The fraction of sp³-hybridized carbons (Fsp3) is 0.600. The second kappa shape index (κ2) is 5.47. The predicted octanol–water partition coefficient (Wildman–Crippen LogP) is 2.04. The van der Waals surface area contributed by atoms with Crippen LogP contribution in [-0.4, -0.2) is 32.4 Å². The Morgan fingerprint density at radius 1 is 1.05 bits per heavy atom. The zero-order valence-corrected chi connectivity index (χ0v) is 12.5. The van der Waals surface area contributed by atoms with Gasteiger partial charge in [-0.2, -0.15) is 12.7 Å². The van der Waals surface area contributed by atoms with Crippen LogP contribution in [0.2, 0.25) is 0 Å². The average molecular weight is 294 g/mol. The molecule has 0 aromatic heterocycles. The number of benzene rings is 1. The lowest BCUT2D eigenvalue weighted by atomic mass is 9.64. The molecule has 0 bridgehead atoms. The first-order valence-electron chi connectivity index (χ1n) is 7.43. The van der Waals surface area contributed by atoms with Gasteiger partial charge in [-0.1, -0.05) is 36.8 Å². The van der Waals surface area contributed by atoms with Gasteiger partial charge in [-0.3, -0.25) is 0 Å². The summed E-state index contributed by atoms with van der Waals surface area (Å²) in [5.74, 6) is 0. The number of nitrogens with one attached hydrogen (secondary N) is 1. The molecule has 1 aliphatic heterocycles. The third-order valence-corrected chi connectivity index (χ3v) is 6.25. The van der Waals surface area contributed by atoms with Gasteiger partial charge in [-0.25, -0.2) is 4.72 Å². The summed E-state index contributed by atoms with van der Waals surface area (Å²) >= 11 is 0. The van der Waals surface area contributed by atoms with E-state index >= 15 is 0 Å². The standard InChI is InChI=1S/C15H22N2O2S/c18-20(19,17-11-4-5-12-17)16-13-15(9-6-10-15)14-7-2-1-3-8-14/h1-3,7-8,16H,4-6,9-13H2. The molecule has 0 atom stereocenters. The average Bonchev–Trinajstić information content (AvgIpc) is 2.93. The van der Waals surface area contributed by atoms with Crippen LogP contribution >= 0.6 is 0 Å². The highest BCUT2D eigenvalue weighted by molar-refractivity contribution is 7.87. The molecule has 110 valence electrons. The zero-order chi connectivity index (χ0) is 14.1. The molecule has 2 fully saturated rings. The first-order valence-corrected chi connectivity index (χ1v) is 8.87. The van der Waals surface area contributed by atoms with Crippen LogP contribution in [0.3, 0.4) is 0 Å². The van der Waals surface area contributed by atoms with Gasteiger partial charge in [0, 0.05) is 25.0 Å². The van der Waals surface area contributed by atoms with Crippen molar-refractivity contribution in [1.29, 1.82) is 0 Å². The summed E-state index contributed by atoms with van der Waals surface area (Å²) in [6.07, 6.45) is 5.27. The molecule has 1 N–H and O–H groups in total. The monoisotopic (exact) mass is 294 g/mol. The van der Waals surface area contributed by atoms with Gasteiger partial charge in [0.05, 0.1) is 0 Å². The van der Waals surface area contributed by atoms with Gasteiger partial charge in [-0.05, 0) is 31.2 Å². The highest BCUT2D eigenvalue weighted by atomic mass is 32.2. The van der Waals surface area contributed by atoms with Gasteiger partial charge >= 0.3 is 0 Å². The number of hydrogen-bond donors (Lipinski definition) is 1. The Morgan fingerprint density at radius 3 is 2.25 bits per heavy atom. The van der Waals surface area contributed by atoms with Crippen LogP contribution in [0.25, 0.3) is 0 Å². The highest BCUT2D eigenvalue weighted by Gasteiger charge is 2.40. The van der Waals surface area contributed by atoms with Crippen LogP contribution in [0.1, 0.15) is 37.7 Å². The summed E-state index contributed by atoms with van der Waals surface area (Å²) in [6.45, 7) is 1.84. The lowest BCUT2D eigenvalue weighted by Crippen LogP contribution is -2.49. The molecule has 4 nitrogen and oxygen atoms in total. The van der Waals surface area contributed by atoms with Crippen LogP contribution in [0.4, 0.5) is 0 Å². The molecule has 1 saturated carbocycles. The maximum atomic E-state index is 12.3. The molecule has 1 aromatic rings. The summed E-state index contributed by atoms with van der Waals surface area (Å²) in [7, 11) is -3.29. The van der Waals surface area contributed by atoms with Crippen molar-refractivity contribution in [3.05, 3.63) is 35.9 Å². The summed E-state index contributed by atoms with van der Waals surface area (Å²) in [4.78, 5) is 0. The number of nitrogens with zero attached hydrogens (tertiary/aromatic N) is 1. The van der Waals surface area contributed by atoms with Crippen LogP contribution < -0.4 is 4.72 Å². The molecular weight excluding hydrogens is 272 g/mol. The lowest BCUT2D eigenvalue weighted by Gasteiger charge is -2.42. The molecule has 1 heterocycles. The molecular formula is C15H22N2O2S. The molecule has 5 heteroatoms. The Kier molecular flexibility index (Phi) is 3.84. The Labute approximate surface area is 121 Å². The SMILES string of the molecule is O=S(=O)(NCC1(c2ccccc2)CCC1)N1CCCC1. The van der Waals surface area contributed by atoms with E-state index in [4.69, 9.17) is 0 Å². The van der Waals surface area contributed by atoms with Crippen molar-refractivity contribution in [3.63, 3.8) is 0 Å². The Hall–Kier alpha value is -0.910. The molecule has 1 aromatic carbocycles. The van der Waals surface area contributed by atoms with E-state index < -0.39 is 10.2 Å². The third kappa shape index (κ3) is 2.62. The van der Waals surface area contributed by atoms with E-state index in [0.717, 1.165) is 25.7 Å². The second-order valence-corrected chi connectivity index (χ2v) is 7.69. The fourth-order valence-electron chi connectivity index (χ4n) is 3.21. The normalized spacial score (nSPS) is 22.6. The molecule has 2 aliphatic rings. The maximum absolute atomic E-state index is 12.3. The smallest absolute Gasteiger partial charge is 0.201 e. The van der Waals surface area contributed by atoms with Gasteiger partial charge in [0.1, 0.15) is 0 Å². The van der Waals surface area contributed by atoms with Crippen molar-refractivity contribution in [2.24, 2.45) is 0 Å². The van der Waals surface area contributed by atoms with Gasteiger partial charge in [0.25, 0.3) is 10.2 Å². The van der Waals surface area contributed by atoms with E-state index in [9.17, 15) is 8.42 Å². The van der Waals surface area contributed by atoms with Gasteiger partial charge < -0.3 is 0 Å².